The van der Waals surface area contributed by atoms with Gasteiger partial charge in [-0.2, -0.15) is 11.3 Å². The van der Waals surface area contributed by atoms with E-state index in [1.807, 2.05) is 0 Å². The smallest absolute Gasteiger partial charge is 0.319 e. The average molecular weight is 319 g/mol. The molecule has 120 valence electrons. The maximum absolute atomic E-state index is 13.1. The summed E-state index contributed by atoms with van der Waals surface area (Å²) in [7, 11) is 0. The molecule has 22 heavy (non-hydrogen) atoms. The van der Waals surface area contributed by atoms with Gasteiger partial charge in [-0.3, -0.25) is 0 Å². The molecule has 1 aromatic rings. The lowest BCUT2D eigenvalue weighted by Gasteiger charge is -2.35. The summed E-state index contributed by atoms with van der Waals surface area (Å²) in [6, 6.07) is 3.66. The highest BCUT2D eigenvalue weighted by Crippen LogP contribution is 2.38. The van der Waals surface area contributed by atoms with E-state index in [4.69, 9.17) is 0 Å². The minimum atomic E-state index is 0.266. The van der Waals surface area contributed by atoms with Crippen LogP contribution in [0.4, 0.5) is 4.79 Å². The lowest BCUT2D eigenvalue weighted by molar-refractivity contribution is 0.144. The number of nitrogens with zero attached hydrogens (tertiary/aromatic N) is 2. The van der Waals surface area contributed by atoms with Gasteiger partial charge in [0.2, 0.25) is 0 Å². The van der Waals surface area contributed by atoms with E-state index in [0.29, 0.717) is 18.1 Å². The highest BCUT2D eigenvalue weighted by atomic mass is 32.1. The predicted octanol–water partition coefficient (Wildman–Crippen LogP) is 3.22. The zero-order valence-electron chi connectivity index (χ0n) is 13.0. The molecule has 1 saturated carbocycles. The van der Waals surface area contributed by atoms with E-state index in [1.165, 1.54) is 31.2 Å². The molecule has 4 nitrogen and oxygen atoms in total. The quantitative estimate of drug-likeness (QED) is 0.928. The van der Waals surface area contributed by atoms with Crippen molar-refractivity contribution in [1.82, 2.24) is 15.1 Å². The van der Waals surface area contributed by atoms with Gasteiger partial charge in [0.05, 0.1) is 6.04 Å². The first-order chi connectivity index (χ1) is 10.8. The fourth-order valence-electron chi connectivity index (χ4n) is 4.38. The van der Waals surface area contributed by atoms with Gasteiger partial charge in [-0.15, -0.1) is 0 Å². The van der Waals surface area contributed by atoms with Crippen molar-refractivity contribution < 1.29 is 4.79 Å². The number of hydrogen-bond acceptors (Lipinski definition) is 3. The van der Waals surface area contributed by atoms with Gasteiger partial charge in [0.15, 0.2) is 0 Å². The van der Waals surface area contributed by atoms with Crippen LogP contribution in [0.2, 0.25) is 0 Å². The lowest BCUT2D eigenvalue weighted by Crippen LogP contribution is -2.46. The molecule has 1 aliphatic carbocycles. The van der Waals surface area contributed by atoms with Crippen molar-refractivity contribution in [2.45, 2.75) is 56.7 Å². The minimum Gasteiger partial charge on any atom is -0.319 e. The van der Waals surface area contributed by atoms with Gasteiger partial charge in [0, 0.05) is 18.6 Å². The van der Waals surface area contributed by atoms with Crippen molar-refractivity contribution in [3.8, 4) is 0 Å². The topological polar surface area (TPSA) is 35.6 Å². The Morgan fingerprint density at radius 1 is 1.09 bits per heavy atom. The maximum atomic E-state index is 13.1. The number of hydrogen-bond donors (Lipinski definition) is 1. The number of nitrogens with one attached hydrogen (secondary N) is 1. The first-order valence-electron chi connectivity index (χ1n) is 8.66. The summed E-state index contributed by atoms with van der Waals surface area (Å²) >= 11 is 1.74. The zero-order valence-corrected chi connectivity index (χ0v) is 13.9. The first kappa shape index (κ1) is 14.5. The van der Waals surface area contributed by atoms with Crippen LogP contribution in [0.3, 0.4) is 0 Å². The molecule has 1 atom stereocenters. The molecule has 1 N–H and O–H groups in total. The number of piperidine rings is 1. The Kier molecular flexibility index (Phi) is 4.09. The molecular formula is C17H25N3OS. The van der Waals surface area contributed by atoms with Gasteiger partial charge >= 0.3 is 6.03 Å². The Morgan fingerprint density at radius 2 is 1.86 bits per heavy atom. The molecule has 0 spiro atoms. The Morgan fingerprint density at radius 3 is 2.55 bits per heavy atom. The van der Waals surface area contributed by atoms with E-state index in [-0.39, 0.29) is 6.04 Å². The van der Waals surface area contributed by atoms with Crippen molar-refractivity contribution in [3.63, 3.8) is 0 Å². The molecular weight excluding hydrogens is 294 g/mol. The molecule has 0 unspecified atom stereocenters. The summed E-state index contributed by atoms with van der Waals surface area (Å²) in [5.41, 5.74) is 1.33. The van der Waals surface area contributed by atoms with Crippen LogP contribution >= 0.6 is 11.3 Å². The van der Waals surface area contributed by atoms with Crippen LogP contribution in [0.25, 0.3) is 0 Å². The molecule has 0 aromatic carbocycles. The summed E-state index contributed by atoms with van der Waals surface area (Å²) in [6.07, 6.45) is 7.13. The van der Waals surface area contributed by atoms with E-state index >= 15 is 0 Å². The second-order valence-electron chi connectivity index (χ2n) is 6.83. The van der Waals surface area contributed by atoms with Crippen LogP contribution in [0, 0.1) is 0 Å². The van der Waals surface area contributed by atoms with Crippen molar-refractivity contribution in [3.05, 3.63) is 22.4 Å². The molecule has 3 fully saturated rings. The van der Waals surface area contributed by atoms with Gasteiger partial charge in [-0.05, 0) is 61.2 Å². The third-order valence-electron chi connectivity index (χ3n) is 5.57. The second-order valence-corrected chi connectivity index (χ2v) is 7.61. The van der Waals surface area contributed by atoms with Crippen molar-refractivity contribution in [2.75, 3.05) is 19.6 Å². The van der Waals surface area contributed by atoms with Gasteiger partial charge < -0.3 is 15.1 Å². The third kappa shape index (κ3) is 2.54. The van der Waals surface area contributed by atoms with E-state index in [2.05, 4.69) is 31.9 Å². The largest absolute Gasteiger partial charge is 0.321 e. The number of thiophene rings is 1. The van der Waals surface area contributed by atoms with Crippen LogP contribution in [-0.2, 0) is 0 Å². The lowest BCUT2D eigenvalue weighted by atomic mass is 10.0. The summed E-state index contributed by atoms with van der Waals surface area (Å²) < 4.78 is 0. The van der Waals surface area contributed by atoms with Crippen LogP contribution in [0.15, 0.2) is 16.8 Å². The Labute approximate surface area is 136 Å². The van der Waals surface area contributed by atoms with Crippen molar-refractivity contribution in [1.29, 1.82) is 0 Å². The van der Waals surface area contributed by atoms with Gasteiger partial charge in [-0.1, -0.05) is 12.8 Å². The van der Waals surface area contributed by atoms with Crippen LogP contribution in [0.1, 0.15) is 50.1 Å². The fraction of sp³-hybridized carbons (Fsp3) is 0.706. The normalized spacial score (nSPS) is 28.0. The monoisotopic (exact) mass is 319 g/mol. The van der Waals surface area contributed by atoms with Gasteiger partial charge in [0.25, 0.3) is 0 Å². The van der Waals surface area contributed by atoms with E-state index in [0.717, 1.165) is 32.5 Å². The fourth-order valence-corrected chi connectivity index (χ4v) is 5.09. The maximum Gasteiger partial charge on any atom is 0.321 e. The predicted molar refractivity (Wildman–Crippen MR) is 89.1 cm³/mol. The Hall–Kier alpha value is -1.07. The number of carbonyl (C=O) groups excluding carboxylic acids is 1. The summed E-state index contributed by atoms with van der Waals surface area (Å²) in [5.74, 6) is 0. The second kappa shape index (κ2) is 6.20. The molecule has 3 aliphatic rings. The van der Waals surface area contributed by atoms with E-state index in [9.17, 15) is 4.79 Å². The number of urea groups is 1. The molecule has 0 bridgehead atoms. The highest BCUT2D eigenvalue weighted by molar-refractivity contribution is 7.08. The highest BCUT2D eigenvalue weighted by Gasteiger charge is 2.45. The van der Waals surface area contributed by atoms with E-state index < -0.39 is 0 Å². The van der Waals surface area contributed by atoms with Crippen LogP contribution in [-0.4, -0.2) is 47.5 Å². The Balaban J connectivity index is 1.60. The molecule has 5 heteroatoms. The number of rotatable bonds is 3. The molecule has 2 saturated heterocycles. The molecule has 4 rings (SSSR count). The minimum absolute atomic E-state index is 0.266. The zero-order chi connectivity index (χ0) is 14.9. The van der Waals surface area contributed by atoms with Gasteiger partial charge in [-0.25, -0.2) is 4.79 Å². The van der Waals surface area contributed by atoms with Crippen LogP contribution in [0.5, 0.6) is 0 Å². The van der Waals surface area contributed by atoms with Crippen molar-refractivity contribution >= 4 is 17.4 Å². The summed E-state index contributed by atoms with van der Waals surface area (Å²) in [4.78, 5) is 17.5. The van der Waals surface area contributed by atoms with E-state index in [1.54, 1.807) is 11.3 Å². The number of amides is 2. The first-order valence-corrected chi connectivity index (χ1v) is 9.60. The molecule has 3 heterocycles. The third-order valence-corrected chi connectivity index (χ3v) is 6.27. The molecule has 1 aromatic heterocycles. The average Bonchev–Trinajstić information content (AvgIpc) is 3.28. The summed E-state index contributed by atoms with van der Waals surface area (Å²) in [6.45, 7) is 2.96. The Bertz CT molecular complexity index is 506. The number of carbonyl (C=O) groups is 1. The van der Waals surface area contributed by atoms with Gasteiger partial charge in [0.1, 0.15) is 0 Å². The molecule has 2 amide bonds. The summed E-state index contributed by atoms with van der Waals surface area (Å²) in [5, 5.41) is 7.78. The van der Waals surface area contributed by atoms with Crippen molar-refractivity contribution in [2.24, 2.45) is 0 Å². The molecule has 2 aliphatic heterocycles. The standard InChI is InChI=1S/C17H25N3OS/c21-17-19(14-3-1-2-4-14)11-16(13-7-10-22-12-13)20(17)15-5-8-18-9-6-15/h7,10,12,14-16,18H,1-6,8-9,11H2/t16-/m0/s1. The van der Waals surface area contributed by atoms with Crippen LogP contribution < -0.4 is 5.32 Å². The SMILES string of the molecule is O=C1N(C2CCCC2)C[C@@H](c2ccsc2)N1C1CCNCC1. The molecule has 0 radical (unpaired) electrons.